The van der Waals surface area contributed by atoms with E-state index < -0.39 is 0 Å². The highest BCUT2D eigenvalue weighted by molar-refractivity contribution is 5.85. The minimum atomic E-state index is 0. The quantitative estimate of drug-likeness (QED) is 0.697. The SMILES string of the molecule is CCC(N)Cc1cc(COCC2CC2)ccc1OCC1CC1.Cl. The molecular weight excluding hydrogens is 310 g/mol. The number of hydrogen-bond donors (Lipinski definition) is 1. The van der Waals surface area contributed by atoms with Gasteiger partial charge in [-0.3, -0.25) is 0 Å². The second kappa shape index (κ2) is 8.91. The van der Waals surface area contributed by atoms with Crippen molar-refractivity contribution in [3.63, 3.8) is 0 Å². The Morgan fingerprint density at radius 3 is 2.48 bits per heavy atom. The first kappa shape index (κ1) is 18.6. The Morgan fingerprint density at radius 2 is 1.83 bits per heavy atom. The van der Waals surface area contributed by atoms with Crippen LogP contribution in [-0.2, 0) is 17.8 Å². The zero-order valence-corrected chi connectivity index (χ0v) is 14.9. The maximum Gasteiger partial charge on any atom is 0.122 e. The normalized spacial score (nSPS) is 18.3. The second-order valence-corrected chi connectivity index (χ2v) is 7.03. The van der Waals surface area contributed by atoms with Crippen molar-refractivity contribution in [2.24, 2.45) is 17.6 Å². The molecule has 0 heterocycles. The largest absolute Gasteiger partial charge is 0.493 e. The lowest BCUT2D eigenvalue weighted by Gasteiger charge is -2.16. The molecule has 130 valence electrons. The molecule has 1 aromatic rings. The molecule has 0 radical (unpaired) electrons. The van der Waals surface area contributed by atoms with E-state index in [4.69, 9.17) is 15.2 Å². The van der Waals surface area contributed by atoms with Crippen molar-refractivity contribution in [3.05, 3.63) is 29.3 Å². The first-order valence-electron chi connectivity index (χ1n) is 8.82. The van der Waals surface area contributed by atoms with E-state index in [9.17, 15) is 0 Å². The summed E-state index contributed by atoms with van der Waals surface area (Å²) in [5, 5.41) is 0. The first-order chi connectivity index (χ1) is 10.7. The van der Waals surface area contributed by atoms with Crippen LogP contribution in [0.4, 0.5) is 0 Å². The summed E-state index contributed by atoms with van der Waals surface area (Å²) in [5.41, 5.74) is 8.63. The van der Waals surface area contributed by atoms with Crippen LogP contribution in [0.2, 0.25) is 0 Å². The van der Waals surface area contributed by atoms with Crippen LogP contribution >= 0.6 is 12.4 Å². The minimum absolute atomic E-state index is 0. The van der Waals surface area contributed by atoms with Crippen molar-refractivity contribution < 1.29 is 9.47 Å². The van der Waals surface area contributed by atoms with Gasteiger partial charge in [0.15, 0.2) is 0 Å². The summed E-state index contributed by atoms with van der Waals surface area (Å²) in [5.74, 6) is 2.60. The van der Waals surface area contributed by atoms with Crippen molar-refractivity contribution in [1.29, 1.82) is 0 Å². The molecule has 0 aliphatic heterocycles. The minimum Gasteiger partial charge on any atom is -0.493 e. The Hall–Kier alpha value is -0.770. The Labute approximate surface area is 146 Å². The third-order valence-corrected chi connectivity index (χ3v) is 4.62. The Balaban J connectivity index is 0.00000192. The fourth-order valence-electron chi connectivity index (χ4n) is 2.57. The molecule has 2 aliphatic rings. The summed E-state index contributed by atoms with van der Waals surface area (Å²) in [7, 11) is 0. The highest BCUT2D eigenvalue weighted by atomic mass is 35.5. The summed E-state index contributed by atoms with van der Waals surface area (Å²) < 4.78 is 11.8. The highest BCUT2D eigenvalue weighted by Gasteiger charge is 2.23. The molecule has 2 N–H and O–H groups in total. The number of nitrogens with two attached hydrogens (primary N) is 1. The van der Waals surface area contributed by atoms with Crippen molar-refractivity contribution >= 4 is 12.4 Å². The molecule has 1 aromatic carbocycles. The van der Waals surface area contributed by atoms with Crippen LogP contribution in [0.3, 0.4) is 0 Å². The maximum atomic E-state index is 6.15. The molecule has 0 spiro atoms. The lowest BCUT2D eigenvalue weighted by atomic mass is 10.0. The smallest absolute Gasteiger partial charge is 0.122 e. The molecule has 0 amide bonds. The van der Waals surface area contributed by atoms with Gasteiger partial charge in [-0.25, -0.2) is 0 Å². The molecule has 2 saturated carbocycles. The average Bonchev–Trinajstić information content (AvgIpc) is 3.40. The van der Waals surface area contributed by atoms with Gasteiger partial charge in [-0.1, -0.05) is 13.0 Å². The number of ether oxygens (including phenoxy) is 2. The monoisotopic (exact) mass is 339 g/mol. The van der Waals surface area contributed by atoms with Gasteiger partial charge in [0, 0.05) is 12.6 Å². The van der Waals surface area contributed by atoms with Crippen LogP contribution in [0.15, 0.2) is 18.2 Å². The first-order valence-corrected chi connectivity index (χ1v) is 8.82. The standard InChI is InChI=1S/C19H29NO2.ClH/c1-2-18(20)10-17-9-16(12-21-11-14-3-4-14)7-8-19(17)22-13-15-5-6-15;/h7-9,14-15,18H,2-6,10-13,20H2,1H3;1H. The van der Waals surface area contributed by atoms with Gasteiger partial charge in [-0.15, -0.1) is 12.4 Å². The van der Waals surface area contributed by atoms with Crippen LogP contribution in [0.1, 0.15) is 50.2 Å². The predicted molar refractivity (Wildman–Crippen MR) is 96.3 cm³/mol. The van der Waals surface area contributed by atoms with E-state index in [-0.39, 0.29) is 18.4 Å². The van der Waals surface area contributed by atoms with Crippen LogP contribution in [0.5, 0.6) is 5.75 Å². The molecule has 23 heavy (non-hydrogen) atoms. The van der Waals surface area contributed by atoms with E-state index in [1.807, 2.05) is 0 Å². The van der Waals surface area contributed by atoms with E-state index in [2.05, 4.69) is 25.1 Å². The van der Waals surface area contributed by atoms with Crippen LogP contribution in [0, 0.1) is 11.8 Å². The van der Waals surface area contributed by atoms with Gasteiger partial charge in [0.25, 0.3) is 0 Å². The van der Waals surface area contributed by atoms with Crippen LogP contribution in [-0.4, -0.2) is 19.3 Å². The fourth-order valence-corrected chi connectivity index (χ4v) is 2.57. The number of rotatable bonds is 10. The van der Waals surface area contributed by atoms with Gasteiger partial charge >= 0.3 is 0 Å². The summed E-state index contributed by atoms with van der Waals surface area (Å²) in [4.78, 5) is 0. The van der Waals surface area contributed by atoms with Crippen molar-refractivity contribution in [3.8, 4) is 5.75 Å². The van der Waals surface area contributed by atoms with Gasteiger partial charge < -0.3 is 15.2 Å². The van der Waals surface area contributed by atoms with Crippen molar-refractivity contribution in [2.45, 2.75) is 58.1 Å². The molecule has 0 aromatic heterocycles. The summed E-state index contributed by atoms with van der Waals surface area (Å²) in [6.45, 7) is 4.60. The topological polar surface area (TPSA) is 44.5 Å². The lowest BCUT2D eigenvalue weighted by Crippen LogP contribution is -2.22. The van der Waals surface area contributed by atoms with Crippen LogP contribution in [0.25, 0.3) is 0 Å². The molecule has 1 unspecified atom stereocenters. The van der Waals surface area contributed by atoms with E-state index >= 15 is 0 Å². The summed E-state index contributed by atoms with van der Waals surface area (Å²) in [6, 6.07) is 6.67. The Kier molecular flexibility index (Phi) is 7.19. The van der Waals surface area contributed by atoms with Gasteiger partial charge in [0.2, 0.25) is 0 Å². The number of halogens is 1. The molecular formula is C19H30ClNO2. The molecule has 4 heteroatoms. The van der Waals surface area contributed by atoms with E-state index in [1.54, 1.807) is 0 Å². The van der Waals surface area contributed by atoms with Gasteiger partial charge in [0.05, 0.1) is 13.2 Å². The molecule has 2 aliphatic carbocycles. The third-order valence-electron chi connectivity index (χ3n) is 4.62. The Morgan fingerprint density at radius 1 is 1.13 bits per heavy atom. The molecule has 3 nitrogen and oxygen atoms in total. The average molecular weight is 340 g/mol. The molecule has 0 bridgehead atoms. The predicted octanol–water partition coefficient (Wildman–Crippen LogP) is 4.10. The third kappa shape index (κ3) is 6.33. The van der Waals surface area contributed by atoms with Gasteiger partial charge in [0.1, 0.15) is 5.75 Å². The molecule has 1 atom stereocenters. The van der Waals surface area contributed by atoms with Crippen molar-refractivity contribution in [1.82, 2.24) is 0 Å². The van der Waals surface area contributed by atoms with E-state index in [0.717, 1.165) is 43.6 Å². The van der Waals surface area contributed by atoms with Crippen molar-refractivity contribution in [2.75, 3.05) is 13.2 Å². The molecule has 2 fully saturated rings. The molecule has 3 rings (SSSR count). The van der Waals surface area contributed by atoms with Gasteiger partial charge in [-0.2, -0.15) is 0 Å². The molecule has 0 saturated heterocycles. The summed E-state index contributed by atoms with van der Waals surface area (Å²) >= 11 is 0. The lowest BCUT2D eigenvalue weighted by molar-refractivity contribution is 0.111. The number of benzene rings is 1. The second-order valence-electron chi connectivity index (χ2n) is 7.03. The maximum absolute atomic E-state index is 6.15. The van der Waals surface area contributed by atoms with E-state index in [1.165, 1.54) is 36.8 Å². The van der Waals surface area contributed by atoms with E-state index in [0.29, 0.717) is 6.61 Å². The van der Waals surface area contributed by atoms with Crippen LogP contribution < -0.4 is 10.5 Å². The zero-order valence-electron chi connectivity index (χ0n) is 14.1. The number of hydrogen-bond acceptors (Lipinski definition) is 3. The highest BCUT2D eigenvalue weighted by Crippen LogP contribution is 2.31. The summed E-state index contributed by atoms with van der Waals surface area (Å²) in [6.07, 6.45) is 7.18. The van der Waals surface area contributed by atoms with Gasteiger partial charge in [-0.05, 0) is 73.6 Å². The Bertz CT molecular complexity index is 486. The zero-order chi connectivity index (χ0) is 15.4. The fraction of sp³-hybridized carbons (Fsp3) is 0.684.